The third-order valence-electron chi connectivity index (χ3n) is 5.25. The van der Waals surface area contributed by atoms with Gasteiger partial charge < -0.3 is 14.3 Å². The molecule has 4 heterocycles. The molecule has 0 aliphatic carbocycles. The molecule has 0 spiro atoms. The summed E-state index contributed by atoms with van der Waals surface area (Å²) in [7, 11) is 0. The lowest BCUT2D eigenvalue weighted by Gasteiger charge is -2.19. The number of hydrogen-bond acceptors (Lipinski definition) is 6. The lowest BCUT2D eigenvalue weighted by atomic mass is 10.2. The highest BCUT2D eigenvalue weighted by molar-refractivity contribution is 5.93. The fourth-order valence-electron chi connectivity index (χ4n) is 3.63. The number of carbonyl (C=O) groups excluding carboxylic acids is 1. The summed E-state index contributed by atoms with van der Waals surface area (Å²) >= 11 is 0. The zero-order valence-corrected chi connectivity index (χ0v) is 16.8. The molecule has 0 fully saturated rings. The molecule has 152 valence electrons. The molecule has 3 aromatic heterocycles. The quantitative estimate of drug-likeness (QED) is 0.690. The zero-order chi connectivity index (χ0) is 20.2. The number of amides is 1. The van der Waals surface area contributed by atoms with Crippen molar-refractivity contribution in [1.82, 2.24) is 30.0 Å². The molecule has 0 saturated heterocycles. The maximum Gasteiger partial charge on any atom is 0.253 e. The van der Waals surface area contributed by atoms with Gasteiger partial charge in [-0.05, 0) is 31.2 Å². The number of nitrogens with zero attached hydrogens (tertiary/aromatic N) is 5. The second-order valence-electron chi connectivity index (χ2n) is 7.31. The number of fused-ring (bicyclic) bond motifs is 1. The first kappa shape index (κ1) is 19.3. The SMILES string of the molecule is CCc1ccc(CN2CCc3nnc([C@@H](C)NC(=O)c4cccnc4)n3CC2)o1. The molecular weight excluding hydrogens is 368 g/mol. The predicted octanol–water partition coefficient (Wildman–Crippen LogP) is 2.38. The van der Waals surface area contributed by atoms with Gasteiger partial charge in [0, 0.05) is 44.9 Å². The van der Waals surface area contributed by atoms with Crippen molar-refractivity contribution in [2.45, 2.75) is 45.8 Å². The normalized spacial score (nSPS) is 15.5. The number of aromatic nitrogens is 4. The summed E-state index contributed by atoms with van der Waals surface area (Å²) in [4.78, 5) is 18.8. The highest BCUT2D eigenvalue weighted by atomic mass is 16.3. The van der Waals surface area contributed by atoms with Crippen LogP contribution in [0.5, 0.6) is 0 Å². The van der Waals surface area contributed by atoms with E-state index in [1.807, 2.05) is 13.0 Å². The van der Waals surface area contributed by atoms with Crippen molar-refractivity contribution in [1.29, 1.82) is 0 Å². The lowest BCUT2D eigenvalue weighted by Crippen LogP contribution is -2.30. The molecule has 0 radical (unpaired) electrons. The molecule has 1 atom stereocenters. The van der Waals surface area contributed by atoms with E-state index in [4.69, 9.17) is 4.42 Å². The summed E-state index contributed by atoms with van der Waals surface area (Å²) in [6, 6.07) is 7.36. The summed E-state index contributed by atoms with van der Waals surface area (Å²) in [6.45, 7) is 7.38. The molecule has 3 aromatic rings. The van der Waals surface area contributed by atoms with Crippen LogP contribution in [0.1, 0.15) is 53.4 Å². The van der Waals surface area contributed by atoms with E-state index in [-0.39, 0.29) is 11.9 Å². The van der Waals surface area contributed by atoms with Crippen LogP contribution < -0.4 is 5.32 Å². The van der Waals surface area contributed by atoms with E-state index in [1.54, 1.807) is 24.5 Å². The van der Waals surface area contributed by atoms with Gasteiger partial charge in [0.15, 0.2) is 5.82 Å². The molecule has 0 saturated carbocycles. The fraction of sp³-hybridized carbons (Fsp3) is 0.429. The van der Waals surface area contributed by atoms with E-state index >= 15 is 0 Å². The molecule has 1 aliphatic rings. The first-order valence-electron chi connectivity index (χ1n) is 10.1. The third kappa shape index (κ3) is 4.37. The summed E-state index contributed by atoms with van der Waals surface area (Å²) in [5, 5.41) is 11.7. The summed E-state index contributed by atoms with van der Waals surface area (Å²) < 4.78 is 7.99. The van der Waals surface area contributed by atoms with E-state index in [9.17, 15) is 4.79 Å². The maximum atomic E-state index is 12.4. The average molecular weight is 394 g/mol. The Bertz CT molecular complexity index is 965. The van der Waals surface area contributed by atoms with Gasteiger partial charge in [-0.25, -0.2) is 0 Å². The predicted molar refractivity (Wildman–Crippen MR) is 107 cm³/mol. The molecule has 8 heteroatoms. The Morgan fingerprint density at radius 3 is 2.83 bits per heavy atom. The molecule has 0 unspecified atom stereocenters. The number of hydrogen-bond donors (Lipinski definition) is 1. The molecule has 8 nitrogen and oxygen atoms in total. The molecule has 4 rings (SSSR count). The number of nitrogens with one attached hydrogen (secondary N) is 1. The van der Waals surface area contributed by atoms with Crippen LogP contribution in [0.3, 0.4) is 0 Å². The molecule has 0 aromatic carbocycles. The molecular formula is C21H26N6O2. The Kier molecular flexibility index (Phi) is 5.71. The van der Waals surface area contributed by atoms with Gasteiger partial charge in [0.1, 0.15) is 17.3 Å². The maximum absolute atomic E-state index is 12.4. The molecule has 29 heavy (non-hydrogen) atoms. The van der Waals surface area contributed by atoms with E-state index in [0.29, 0.717) is 5.56 Å². The molecule has 1 amide bonds. The standard InChI is InChI=1S/C21H26N6O2/c1-3-17-6-7-18(29-17)14-26-10-8-19-24-25-20(27(19)12-11-26)15(2)23-21(28)16-5-4-9-22-13-16/h4-7,9,13,15H,3,8,10-12,14H2,1-2H3,(H,23,28)/t15-/m1/s1. The van der Waals surface area contributed by atoms with Crippen molar-refractivity contribution in [2.75, 3.05) is 13.1 Å². The fourth-order valence-corrected chi connectivity index (χ4v) is 3.63. The highest BCUT2D eigenvalue weighted by Crippen LogP contribution is 2.18. The Labute approximate surface area is 170 Å². The number of rotatable bonds is 6. The van der Waals surface area contributed by atoms with Gasteiger partial charge in [-0.1, -0.05) is 6.92 Å². The third-order valence-corrected chi connectivity index (χ3v) is 5.25. The largest absolute Gasteiger partial charge is 0.465 e. The minimum atomic E-state index is -0.243. The zero-order valence-electron chi connectivity index (χ0n) is 16.8. The highest BCUT2D eigenvalue weighted by Gasteiger charge is 2.23. The topological polar surface area (TPSA) is 89.1 Å². The van der Waals surface area contributed by atoms with Crippen molar-refractivity contribution in [2.24, 2.45) is 0 Å². The van der Waals surface area contributed by atoms with Crippen LogP contribution >= 0.6 is 0 Å². The lowest BCUT2D eigenvalue weighted by molar-refractivity contribution is 0.0937. The van der Waals surface area contributed by atoms with Crippen LogP contribution in [-0.2, 0) is 25.9 Å². The Morgan fingerprint density at radius 1 is 1.21 bits per heavy atom. The van der Waals surface area contributed by atoms with Crippen LogP contribution in [0.15, 0.2) is 41.1 Å². The number of aryl methyl sites for hydroxylation is 1. The van der Waals surface area contributed by atoms with E-state index < -0.39 is 0 Å². The summed E-state index contributed by atoms with van der Waals surface area (Å²) in [5.41, 5.74) is 0.533. The monoisotopic (exact) mass is 394 g/mol. The minimum Gasteiger partial charge on any atom is -0.465 e. The number of carbonyl (C=O) groups is 1. The van der Waals surface area contributed by atoms with Gasteiger partial charge in [0.25, 0.3) is 5.91 Å². The van der Waals surface area contributed by atoms with Crippen LogP contribution in [0.25, 0.3) is 0 Å². The summed E-state index contributed by atoms with van der Waals surface area (Å²) in [5.74, 6) is 3.59. The minimum absolute atomic E-state index is 0.164. The van der Waals surface area contributed by atoms with Crippen molar-refractivity contribution >= 4 is 5.91 Å². The van der Waals surface area contributed by atoms with E-state index in [0.717, 1.165) is 62.2 Å². The second-order valence-corrected chi connectivity index (χ2v) is 7.31. The van der Waals surface area contributed by atoms with Gasteiger partial charge in [0.05, 0.1) is 18.2 Å². The van der Waals surface area contributed by atoms with Gasteiger partial charge >= 0.3 is 0 Å². The van der Waals surface area contributed by atoms with Crippen LogP contribution in [0, 0.1) is 0 Å². The van der Waals surface area contributed by atoms with Crippen molar-refractivity contribution in [3.63, 3.8) is 0 Å². The van der Waals surface area contributed by atoms with Crippen LogP contribution in [-0.4, -0.2) is 43.6 Å². The number of furan rings is 1. The van der Waals surface area contributed by atoms with Crippen LogP contribution in [0.2, 0.25) is 0 Å². The van der Waals surface area contributed by atoms with Gasteiger partial charge in [-0.3, -0.25) is 14.7 Å². The van der Waals surface area contributed by atoms with Crippen molar-refractivity contribution < 1.29 is 9.21 Å². The van der Waals surface area contributed by atoms with Crippen molar-refractivity contribution in [3.8, 4) is 0 Å². The first-order chi connectivity index (χ1) is 14.1. The average Bonchev–Trinajstić information content (AvgIpc) is 3.32. The van der Waals surface area contributed by atoms with Crippen LogP contribution in [0.4, 0.5) is 0 Å². The van der Waals surface area contributed by atoms with Gasteiger partial charge in [0.2, 0.25) is 0 Å². The van der Waals surface area contributed by atoms with Gasteiger partial charge in [-0.2, -0.15) is 0 Å². The van der Waals surface area contributed by atoms with Gasteiger partial charge in [-0.15, -0.1) is 10.2 Å². The van der Waals surface area contributed by atoms with Crippen molar-refractivity contribution in [3.05, 3.63) is 65.4 Å². The molecule has 1 N–H and O–H groups in total. The Morgan fingerprint density at radius 2 is 2.07 bits per heavy atom. The van der Waals surface area contributed by atoms with E-state index in [1.165, 1.54) is 0 Å². The van der Waals surface area contributed by atoms with E-state index in [2.05, 4.69) is 43.0 Å². The first-order valence-corrected chi connectivity index (χ1v) is 10.1. The second kappa shape index (κ2) is 8.57. The number of pyridine rings is 1. The Hall–Kier alpha value is -3.00. The summed E-state index contributed by atoms with van der Waals surface area (Å²) in [6.07, 6.45) is 4.93. The Balaban J connectivity index is 1.41. The molecule has 0 bridgehead atoms. The smallest absolute Gasteiger partial charge is 0.253 e. The molecule has 1 aliphatic heterocycles.